The molecular weight excluding hydrogens is 196 g/mol. The molecule has 0 fully saturated rings. The van der Waals surface area contributed by atoms with Crippen molar-refractivity contribution in [3.05, 3.63) is 48.7 Å². The summed E-state index contributed by atoms with van der Waals surface area (Å²) >= 11 is 0. The summed E-state index contributed by atoms with van der Waals surface area (Å²) in [6, 6.07) is 13.8. The van der Waals surface area contributed by atoms with Crippen LogP contribution in [0.1, 0.15) is 27.7 Å². The molecule has 0 aliphatic rings. The van der Waals surface area contributed by atoms with Crippen LogP contribution in [0.4, 0.5) is 0 Å². The maximum absolute atomic E-state index is 4.00. The van der Waals surface area contributed by atoms with Gasteiger partial charge in [-0.05, 0) is 12.1 Å². The topological polar surface area (TPSA) is 25.8 Å². The molecule has 0 unspecified atom stereocenters. The quantitative estimate of drug-likeness (QED) is 0.714. The number of hydrogen-bond donors (Lipinski definition) is 0. The fraction of sp³-hybridized carbons (Fsp3) is 0.286. The average Bonchev–Trinajstić information content (AvgIpc) is 2.45. The van der Waals surface area contributed by atoms with Crippen molar-refractivity contribution in [2.45, 2.75) is 27.7 Å². The van der Waals surface area contributed by atoms with Gasteiger partial charge >= 0.3 is 0 Å². The third-order valence-corrected chi connectivity index (χ3v) is 1.64. The molecule has 1 aromatic carbocycles. The van der Waals surface area contributed by atoms with Gasteiger partial charge in [-0.15, -0.1) is 0 Å². The molecule has 1 heterocycles. The van der Waals surface area contributed by atoms with Crippen LogP contribution in [0.2, 0.25) is 0 Å². The maximum Gasteiger partial charge on any atom is 0.0929 e. The molecule has 16 heavy (non-hydrogen) atoms. The Morgan fingerprint density at radius 1 is 0.750 bits per heavy atom. The highest BCUT2D eigenvalue weighted by Gasteiger charge is 1.94. The van der Waals surface area contributed by atoms with Crippen LogP contribution in [0.15, 0.2) is 48.7 Å². The molecule has 0 saturated carbocycles. The van der Waals surface area contributed by atoms with E-state index in [2.05, 4.69) is 10.2 Å². The number of benzene rings is 1. The van der Waals surface area contributed by atoms with Crippen molar-refractivity contribution in [2.75, 3.05) is 0 Å². The Balaban J connectivity index is 0.000000509. The summed E-state index contributed by atoms with van der Waals surface area (Å²) in [6.45, 7) is 8.00. The number of rotatable bonds is 1. The van der Waals surface area contributed by atoms with Crippen LogP contribution in [0, 0.1) is 0 Å². The molecule has 86 valence electrons. The lowest BCUT2D eigenvalue weighted by Gasteiger charge is -1.96. The molecule has 0 spiro atoms. The van der Waals surface area contributed by atoms with Crippen molar-refractivity contribution < 1.29 is 0 Å². The van der Waals surface area contributed by atoms with E-state index >= 15 is 0 Å². The monoisotopic (exact) mass is 216 g/mol. The second-order valence-electron chi connectivity index (χ2n) is 2.47. The zero-order chi connectivity index (χ0) is 12.2. The molecule has 0 radical (unpaired) electrons. The Hall–Kier alpha value is -1.70. The van der Waals surface area contributed by atoms with Gasteiger partial charge in [0, 0.05) is 11.8 Å². The average molecular weight is 216 g/mol. The first-order valence-corrected chi connectivity index (χ1v) is 5.80. The molecule has 2 nitrogen and oxygen atoms in total. The van der Waals surface area contributed by atoms with Crippen molar-refractivity contribution in [2.24, 2.45) is 0 Å². The molecule has 0 aliphatic carbocycles. The summed E-state index contributed by atoms with van der Waals surface area (Å²) in [6.07, 6.45) is 1.67. The minimum absolute atomic E-state index is 0.915. The Morgan fingerprint density at radius 3 is 1.88 bits per heavy atom. The van der Waals surface area contributed by atoms with E-state index in [1.807, 2.05) is 70.2 Å². The van der Waals surface area contributed by atoms with E-state index in [4.69, 9.17) is 0 Å². The summed E-state index contributed by atoms with van der Waals surface area (Å²) < 4.78 is 0. The van der Waals surface area contributed by atoms with Crippen molar-refractivity contribution in [1.29, 1.82) is 0 Å². The Bertz CT molecular complexity index is 306. The smallest absolute Gasteiger partial charge is 0.0929 e. The molecule has 0 aliphatic heterocycles. The molecular formula is C14H20N2. The Morgan fingerprint density at radius 2 is 1.38 bits per heavy atom. The van der Waals surface area contributed by atoms with Crippen molar-refractivity contribution in [3.63, 3.8) is 0 Å². The van der Waals surface area contributed by atoms with E-state index in [9.17, 15) is 0 Å². The van der Waals surface area contributed by atoms with E-state index in [0.29, 0.717) is 0 Å². The van der Waals surface area contributed by atoms with Gasteiger partial charge in [-0.1, -0.05) is 58.0 Å². The largest absolute Gasteiger partial charge is 0.159 e. The lowest BCUT2D eigenvalue weighted by atomic mass is 10.1. The molecule has 2 aromatic rings. The van der Waals surface area contributed by atoms with Gasteiger partial charge in [-0.2, -0.15) is 10.2 Å². The van der Waals surface area contributed by atoms with E-state index < -0.39 is 0 Å². The lowest BCUT2D eigenvalue weighted by Crippen LogP contribution is -1.83. The molecule has 0 amide bonds. The minimum atomic E-state index is 0.915. The summed E-state index contributed by atoms with van der Waals surface area (Å²) in [5.41, 5.74) is 2.02. The van der Waals surface area contributed by atoms with Gasteiger partial charge in [-0.3, -0.25) is 0 Å². The van der Waals surface area contributed by atoms with Crippen LogP contribution in [0.25, 0.3) is 11.3 Å². The van der Waals surface area contributed by atoms with Crippen molar-refractivity contribution in [1.82, 2.24) is 10.2 Å². The summed E-state index contributed by atoms with van der Waals surface area (Å²) in [5.74, 6) is 0. The molecule has 0 saturated heterocycles. The number of hydrogen-bond acceptors (Lipinski definition) is 2. The number of nitrogens with zero attached hydrogens (tertiary/aromatic N) is 2. The van der Waals surface area contributed by atoms with E-state index in [-0.39, 0.29) is 0 Å². The molecule has 0 atom stereocenters. The van der Waals surface area contributed by atoms with Gasteiger partial charge in [0.15, 0.2) is 0 Å². The fourth-order valence-corrected chi connectivity index (χ4v) is 1.06. The van der Waals surface area contributed by atoms with Gasteiger partial charge in [0.1, 0.15) is 0 Å². The zero-order valence-electron chi connectivity index (χ0n) is 10.5. The Kier molecular flexibility index (Phi) is 8.79. The second kappa shape index (κ2) is 9.84. The highest BCUT2D eigenvalue weighted by Crippen LogP contribution is 2.13. The molecule has 2 rings (SSSR count). The van der Waals surface area contributed by atoms with E-state index in [1.54, 1.807) is 6.20 Å². The molecule has 0 N–H and O–H groups in total. The number of aromatic nitrogens is 2. The fourth-order valence-electron chi connectivity index (χ4n) is 1.06. The van der Waals surface area contributed by atoms with Crippen molar-refractivity contribution in [3.8, 4) is 11.3 Å². The summed E-state index contributed by atoms with van der Waals surface area (Å²) in [4.78, 5) is 0. The molecule has 2 heteroatoms. The highest BCUT2D eigenvalue weighted by atomic mass is 15.1. The third kappa shape index (κ3) is 4.69. The van der Waals surface area contributed by atoms with Crippen LogP contribution < -0.4 is 0 Å². The van der Waals surface area contributed by atoms with Crippen LogP contribution in [0.5, 0.6) is 0 Å². The first-order valence-electron chi connectivity index (χ1n) is 5.80. The summed E-state index contributed by atoms with van der Waals surface area (Å²) in [7, 11) is 0. The first-order chi connectivity index (χ1) is 7.97. The van der Waals surface area contributed by atoms with Crippen LogP contribution in [-0.4, -0.2) is 10.2 Å². The summed E-state index contributed by atoms with van der Waals surface area (Å²) in [5, 5.41) is 7.81. The predicted molar refractivity (Wildman–Crippen MR) is 70.2 cm³/mol. The molecule has 1 aromatic heterocycles. The van der Waals surface area contributed by atoms with Crippen LogP contribution in [-0.2, 0) is 0 Å². The maximum atomic E-state index is 4.00. The lowest BCUT2D eigenvalue weighted by molar-refractivity contribution is 1.04. The highest BCUT2D eigenvalue weighted by molar-refractivity contribution is 5.57. The van der Waals surface area contributed by atoms with Crippen LogP contribution >= 0.6 is 0 Å². The normalized spacial score (nSPS) is 8.00. The van der Waals surface area contributed by atoms with Gasteiger partial charge in [0.25, 0.3) is 0 Å². The van der Waals surface area contributed by atoms with Gasteiger partial charge in [0.05, 0.1) is 5.69 Å². The standard InChI is InChI=1S/C10H8N2.2C2H6/c1-2-5-9(6-3-1)10-7-4-8-11-12-10;2*1-2/h1-8H;2*1-2H3. The molecule has 0 bridgehead atoms. The first kappa shape index (κ1) is 14.3. The zero-order valence-corrected chi connectivity index (χ0v) is 10.5. The second-order valence-corrected chi connectivity index (χ2v) is 2.47. The minimum Gasteiger partial charge on any atom is -0.159 e. The third-order valence-electron chi connectivity index (χ3n) is 1.64. The SMILES string of the molecule is CC.CC.c1ccc(-c2cccnn2)cc1. The predicted octanol–water partition coefficient (Wildman–Crippen LogP) is 4.20. The van der Waals surface area contributed by atoms with Crippen LogP contribution in [0.3, 0.4) is 0 Å². The van der Waals surface area contributed by atoms with Crippen molar-refractivity contribution >= 4 is 0 Å². The van der Waals surface area contributed by atoms with E-state index in [1.165, 1.54) is 0 Å². The Labute approximate surface area is 98.4 Å². The van der Waals surface area contributed by atoms with Gasteiger partial charge in [0.2, 0.25) is 0 Å². The van der Waals surface area contributed by atoms with Gasteiger partial charge < -0.3 is 0 Å². The van der Waals surface area contributed by atoms with E-state index in [0.717, 1.165) is 11.3 Å². The van der Waals surface area contributed by atoms with Gasteiger partial charge in [-0.25, -0.2) is 0 Å².